The van der Waals surface area contributed by atoms with E-state index in [9.17, 15) is 18.0 Å². The van der Waals surface area contributed by atoms with Crippen molar-refractivity contribution in [2.75, 3.05) is 26.2 Å². The SMILES string of the molecule is Cc1ccc(S(=O)(=O)N2CCN(C(=O)[C@H](Cc3ccccc3)NC(=O)c3ccco3)CC2)cc1. The van der Waals surface area contributed by atoms with E-state index in [1.54, 1.807) is 35.2 Å². The molecule has 1 fully saturated rings. The Morgan fingerprint density at radius 1 is 0.941 bits per heavy atom. The minimum absolute atomic E-state index is 0.125. The number of carbonyl (C=O) groups is 2. The summed E-state index contributed by atoms with van der Waals surface area (Å²) in [6.45, 7) is 2.76. The fraction of sp³-hybridized carbons (Fsp3) is 0.280. The maximum Gasteiger partial charge on any atom is 0.287 e. The molecular weight excluding hydrogens is 454 g/mol. The van der Waals surface area contributed by atoms with Crippen LogP contribution in [0, 0.1) is 6.92 Å². The maximum absolute atomic E-state index is 13.4. The van der Waals surface area contributed by atoms with E-state index in [-0.39, 0.29) is 42.7 Å². The molecule has 1 N–H and O–H groups in total. The molecule has 2 amide bonds. The van der Waals surface area contributed by atoms with Gasteiger partial charge in [0, 0.05) is 32.6 Å². The number of carbonyl (C=O) groups excluding carboxylic acids is 2. The van der Waals surface area contributed by atoms with E-state index < -0.39 is 22.0 Å². The highest BCUT2D eigenvalue weighted by atomic mass is 32.2. The van der Waals surface area contributed by atoms with Crippen molar-refractivity contribution in [2.24, 2.45) is 0 Å². The van der Waals surface area contributed by atoms with Crippen molar-refractivity contribution in [3.05, 3.63) is 89.9 Å². The van der Waals surface area contributed by atoms with Gasteiger partial charge in [0.05, 0.1) is 11.2 Å². The predicted molar refractivity (Wildman–Crippen MR) is 127 cm³/mol. The van der Waals surface area contributed by atoms with Gasteiger partial charge < -0.3 is 14.6 Å². The minimum atomic E-state index is -3.63. The average molecular weight is 482 g/mol. The summed E-state index contributed by atoms with van der Waals surface area (Å²) < 4.78 is 32.5. The second-order valence-corrected chi connectivity index (χ2v) is 10.2. The molecule has 1 aliphatic rings. The molecule has 0 saturated carbocycles. The van der Waals surface area contributed by atoms with Crippen LogP contribution in [0.15, 0.2) is 82.3 Å². The van der Waals surface area contributed by atoms with Crippen molar-refractivity contribution >= 4 is 21.8 Å². The number of piperazine rings is 1. The Balaban J connectivity index is 1.45. The molecule has 0 radical (unpaired) electrons. The Morgan fingerprint density at radius 2 is 1.62 bits per heavy atom. The van der Waals surface area contributed by atoms with Crippen LogP contribution in [0.5, 0.6) is 0 Å². The van der Waals surface area contributed by atoms with Gasteiger partial charge in [0.25, 0.3) is 5.91 Å². The van der Waals surface area contributed by atoms with Crippen molar-refractivity contribution in [3.63, 3.8) is 0 Å². The fourth-order valence-electron chi connectivity index (χ4n) is 3.92. The van der Waals surface area contributed by atoms with Gasteiger partial charge in [0.2, 0.25) is 15.9 Å². The van der Waals surface area contributed by atoms with Crippen LogP contribution in [0.3, 0.4) is 0 Å². The van der Waals surface area contributed by atoms with Crippen molar-refractivity contribution in [2.45, 2.75) is 24.3 Å². The molecule has 178 valence electrons. The zero-order valence-corrected chi connectivity index (χ0v) is 19.7. The molecule has 0 bridgehead atoms. The lowest BCUT2D eigenvalue weighted by Crippen LogP contribution is -2.56. The molecule has 8 nitrogen and oxygen atoms in total. The molecule has 3 aromatic rings. The van der Waals surface area contributed by atoms with E-state index in [4.69, 9.17) is 4.42 Å². The van der Waals surface area contributed by atoms with Gasteiger partial charge in [-0.25, -0.2) is 8.42 Å². The third kappa shape index (κ3) is 5.37. The van der Waals surface area contributed by atoms with Crippen molar-refractivity contribution < 1.29 is 22.4 Å². The summed E-state index contributed by atoms with van der Waals surface area (Å²) in [5, 5.41) is 2.78. The van der Waals surface area contributed by atoms with E-state index in [1.165, 1.54) is 16.6 Å². The number of hydrogen-bond acceptors (Lipinski definition) is 5. The Bertz CT molecular complexity index is 1220. The molecule has 1 saturated heterocycles. The van der Waals surface area contributed by atoms with Gasteiger partial charge in [-0.2, -0.15) is 4.31 Å². The van der Waals surface area contributed by atoms with Crippen LogP contribution in [0.25, 0.3) is 0 Å². The van der Waals surface area contributed by atoms with Crippen LogP contribution in [0.1, 0.15) is 21.7 Å². The van der Waals surface area contributed by atoms with E-state index in [2.05, 4.69) is 5.32 Å². The van der Waals surface area contributed by atoms with Crippen molar-refractivity contribution in [3.8, 4) is 0 Å². The number of rotatable bonds is 7. The molecule has 4 rings (SSSR count). The Kier molecular flexibility index (Phi) is 7.14. The molecule has 0 spiro atoms. The molecule has 1 aromatic heterocycles. The van der Waals surface area contributed by atoms with Crippen LogP contribution in [-0.2, 0) is 21.2 Å². The lowest BCUT2D eigenvalue weighted by molar-refractivity contribution is -0.134. The van der Waals surface area contributed by atoms with Crippen LogP contribution < -0.4 is 5.32 Å². The standard InChI is InChI=1S/C25H27N3O5S/c1-19-9-11-21(12-10-19)34(31,32)28-15-13-27(14-16-28)25(30)22(18-20-6-3-2-4-7-20)26-24(29)23-8-5-17-33-23/h2-12,17,22H,13-16,18H2,1H3,(H,26,29)/t22-/m0/s1. The van der Waals surface area contributed by atoms with Crippen LogP contribution in [-0.4, -0.2) is 61.7 Å². The number of nitrogens with one attached hydrogen (secondary N) is 1. The molecule has 34 heavy (non-hydrogen) atoms. The molecule has 0 unspecified atom stereocenters. The topological polar surface area (TPSA) is 99.9 Å². The van der Waals surface area contributed by atoms with E-state index >= 15 is 0 Å². The predicted octanol–water partition coefficient (Wildman–Crippen LogP) is 2.46. The summed E-state index contributed by atoms with van der Waals surface area (Å²) in [6.07, 6.45) is 1.71. The summed E-state index contributed by atoms with van der Waals surface area (Å²) in [5.41, 5.74) is 1.89. The molecule has 1 atom stereocenters. The second kappa shape index (κ2) is 10.2. The van der Waals surface area contributed by atoms with Crippen molar-refractivity contribution in [1.82, 2.24) is 14.5 Å². The summed E-state index contributed by atoms with van der Waals surface area (Å²) >= 11 is 0. The van der Waals surface area contributed by atoms with Gasteiger partial charge in [-0.05, 0) is 36.8 Å². The Morgan fingerprint density at radius 3 is 2.24 bits per heavy atom. The van der Waals surface area contributed by atoms with E-state index in [0.29, 0.717) is 6.42 Å². The highest BCUT2D eigenvalue weighted by molar-refractivity contribution is 7.89. The van der Waals surface area contributed by atoms with Gasteiger partial charge in [-0.15, -0.1) is 0 Å². The number of aryl methyl sites for hydroxylation is 1. The lowest BCUT2D eigenvalue weighted by Gasteiger charge is -2.36. The Labute approximate surface area is 199 Å². The van der Waals surface area contributed by atoms with Crippen LogP contribution in [0.4, 0.5) is 0 Å². The number of hydrogen-bond donors (Lipinski definition) is 1. The second-order valence-electron chi connectivity index (χ2n) is 8.24. The smallest absolute Gasteiger partial charge is 0.287 e. The highest BCUT2D eigenvalue weighted by Gasteiger charge is 2.33. The van der Waals surface area contributed by atoms with Crippen LogP contribution in [0.2, 0.25) is 0 Å². The first-order chi connectivity index (χ1) is 16.3. The fourth-order valence-corrected chi connectivity index (χ4v) is 5.34. The van der Waals surface area contributed by atoms with Gasteiger partial charge in [-0.3, -0.25) is 9.59 Å². The largest absolute Gasteiger partial charge is 0.459 e. The summed E-state index contributed by atoms with van der Waals surface area (Å²) in [7, 11) is -3.63. The normalized spacial score (nSPS) is 15.6. The summed E-state index contributed by atoms with van der Waals surface area (Å²) in [4.78, 5) is 27.8. The first kappa shape index (κ1) is 23.7. The van der Waals surface area contributed by atoms with E-state index in [0.717, 1.165) is 11.1 Å². The average Bonchev–Trinajstić information content (AvgIpc) is 3.39. The number of benzene rings is 2. The minimum Gasteiger partial charge on any atom is -0.459 e. The van der Waals surface area contributed by atoms with Gasteiger partial charge in [0.15, 0.2) is 5.76 Å². The molecule has 0 aliphatic carbocycles. The quantitative estimate of drug-likeness (QED) is 0.559. The molecule has 2 aromatic carbocycles. The number of nitrogens with zero attached hydrogens (tertiary/aromatic N) is 2. The number of amides is 2. The lowest BCUT2D eigenvalue weighted by atomic mass is 10.0. The molecule has 2 heterocycles. The zero-order valence-electron chi connectivity index (χ0n) is 18.9. The van der Waals surface area contributed by atoms with Gasteiger partial charge in [0.1, 0.15) is 6.04 Å². The first-order valence-electron chi connectivity index (χ1n) is 11.1. The summed E-state index contributed by atoms with van der Waals surface area (Å²) in [6, 6.07) is 18.5. The third-order valence-corrected chi connectivity index (χ3v) is 7.75. The molecular formula is C25H27N3O5S. The Hall–Kier alpha value is -3.43. The number of sulfonamides is 1. The monoisotopic (exact) mass is 481 g/mol. The van der Waals surface area contributed by atoms with E-state index in [1.807, 2.05) is 37.3 Å². The van der Waals surface area contributed by atoms with Crippen LogP contribution >= 0.6 is 0 Å². The molecule has 1 aliphatic heterocycles. The third-order valence-electron chi connectivity index (χ3n) is 5.84. The zero-order chi connectivity index (χ0) is 24.1. The summed E-state index contributed by atoms with van der Waals surface area (Å²) in [5.74, 6) is -0.601. The molecule has 9 heteroatoms. The van der Waals surface area contributed by atoms with Gasteiger partial charge in [-0.1, -0.05) is 48.0 Å². The van der Waals surface area contributed by atoms with Gasteiger partial charge >= 0.3 is 0 Å². The first-order valence-corrected chi connectivity index (χ1v) is 12.5. The highest BCUT2D eigenvalue weighted by Crippen LogP contribution is 2.19. The van der Waals surface area contributed by atoms with Crippen molar-refractivity contribution in [1.29, 1.82) is 0 Å². The number of furan rings is 1. The maximum atomic E-state index is 13.4.